The van der Waals surface area contributed by atoms with Gasteiger partial charge in [0.05, 0.1) is 5.01 Å². The lowest BCUT2D eigenvalue weighted by Gasteiger charge is -2.30. The number of piperidine rings is 1. The van der Waals surface area contributed by atoms with Crippen LogP contribution < -0.4 is 0 Å². The Bertz CT molecular complexity index is 490. The maximum Gasteiger partial charge on any atom is 0.303 e. The number of aromatic nitrogens is 1. The second-order valence-electron chi connectivity index (χ2n) is 5.56. The SMILES string of the molecule is CC(C)c1nc(C(=O)N2CCC(CC(=O)O)CC2)cs1. The summed E-state index contributed by atoms with van der Waals surface area (Å²) in [6.45, 7) is 5.38. The Morgan fingerprint density at radius 3 is 2.60 bits per heavy atom. The van der Waals surface area contributed by atoms with Crippen molar-refractivity contribution >= 4 is 23.2 Å². The second kappa shape index (κ2) is 6.35. The van der Waals surface area contributed by atoms with Gasteiger partial charge in [0.15, 0.2) is 0 Å². The van der Waals surface area contributed by atoms with Gasteiger partial charge in [0.2, 0.25) is 0 Å². The van der Waals surface area contributed by atoms with Crippen molar-refractivity contribution in [1.29, 1.82) is 0 Å². The lowest BCUT2D eigenvalue weighted by molar-refractivity contribution is -0.138. The summed E-state index contributed by atoms with van der Waals surface area (Å²) in [6, 6.07) is 0. The molecule has 1 aromatic rings. The molecule has 0 saturated carbocycles. The van der Waals surface area contributed by atoms with Gasteiger partial charge < -0.3 is 10.0 Å². The maximum absolute atomic E-state index is 12.3. The zero-order chi connectivity index (χ0) is 14.7. The van der Waals surface area contributed by atoms with Gasteiger partial charge in [-0.1, -0.05) is 13.8 Å². The van der Waals surface area contributed by atoms with Gasteiger partial charge >= 0.3 is 5.97 Å². The molecule has 1 aliphatic rings. The molecule has 1 aliphatic heterocycles. The Labute approximate surface area is 122 Å². The third kappa shape index (κ3) is 3.56. The van der Waals surface area contributed by atoms with Crippen molar-refractivity contribution in [3.63, 3.8) is 0 Å². The van der Waals surface area contributed by atoms with Gasteiger partial charge in [-0.05, 0) is 18.8 Å². The van der Waals surface area contributed by atoms with Crippen LogP contribution in [0.25, 0.3) is 0 Å². The van der Waals surface area contributed by atoms with Crippen molar-refractivity contribution < 1.29 is 14.7 Å². The molecule has 0 unspecified atom stereocenters. The van der Waals surface area contributed by atoms with Crippen LogP contribution in [-0.2, 0) is 4.79 Å². The van der Waals surface area contributed by atoms with E-state index in [0.29, 0.717) is 24.7 Å². The molecule has 1 saturated heterocycles. The largest absolute Gasteiger partial charge is 0.481 e. The number of carboxylic acid groups (broad SMARTS) is 1. The zero-order valence-corrected chi connectivity index (χ0v) is 12.7. The lowest BCUT2D eigenvalue weighted by atomic mass is 9.93. The monoisotopic (exact) mass is 296 g/mol. The summed E-state index contributed by atoms with van der Waals surface area (Å²) in [5, 5.41) is 11.6. The number of carboxylic acids is 1. The van der Waals surface area contributed by atoms with Crippen LogP contribution in [0.4, 0.5) is 0 Å². The molecule has 1 N–H and O–H groups in total. The summed E-state index contributed by atoms with van der Waals surface area (Å²) in [5.74, 6) is -0.251. The number of nitrogens with zero attached hydrogens (tertiary/aromatic N) is 2. The number of hydrogen-bond acceptors (Lipinski definition) is 4. The summed E-state index contributed by atoms with van der Waals surface area (Å²) in [5.41, 5.74) is 0.524. The van der Waals surface area contributed by atoms with Crippen molar-refractivity contribution in [2.45, 2.75) is 39.0 Å². The number of likely N-dealkylation sites (tertiary alicyclic amines) is 1. The van der Waals surface area contributed by atoms with Crippen LogP contribution in [0, 0.1) is 5.92 Å². The smallest absolute Gasteiger partial charge is 0.303 e. The topological polar surface area (TPSA) is 70.5 Å². The molecule has 0 aliphatic carbocycles. The molecule has 1 fully saturated rings. The van der Waals surface area contributed by atoms with E-state index in [1.165, 1.54) is 11.3 Å². The molecule has 0 aromatic carbocycles. The average Bonchev–Trinajstić information content (AvgIpc) is 2.88. The van der Waals surface area contributed by atoms with Crippen molar-refractivity contribution in [2.75, 3.05) is 13.1 Å². The van der Waals surface area contributed by atoms with Crippen LogP contribution in [0.1, 0.15) is 54.5 Å². The summed E-state index contributed by atoms with van der Waals surface area (Å²) < 4.78 is 0. The number of amides is 1. The third-order valence-electron chi connectivity index (χ3n) is 3.60. The first-order valence-corrected chi connectivity index (χ1v) is 7.81. The van der Waals surface area contributed by atoms with E-state index < -0.39 is 5.97 Å². The molecular weight excluding hydrogens is 276 g/mol. The van der Waals surface area contributed by atoms with Gasteiger partial charge in [-0.25, -0.2) is 4.98 Å². The molecular formula is C14H20N2O3S. The van der Waals surface area contributed by atoms with Gasteiger partial charge in [-0.3, -0.25) is 9.59 Å². The molecule has 20 heavy (non-hydrogen) atoms. The maximum atomic E-state index is 12.3. The summed E-state index contributed by atoms with van der Waals surface area (Å²) in [6.07, 6.45) is 1.73. The molecule has 0 bridgehead atoms. The van der Waals surface area contributed by atoms with Crippen molar-refractivity contribution in [3.8, 4) is 0 Å². The van der Waals surface area contributed by atoms with E-state index in [4.69, 9.17) is 5.11 Å². The van der Waals surface area contributed by atoms with Crippen LogP contribution >= 0.6 is 11.3 Å². The van der Waals surface area contributed by atoms with Gasteiger partial charge in [-0.15, -0.1) is 11.3 Å². The quantitative estimate of drug-likeness (QED) is 0.927. The summed E-state index contributed by atoms with van der Waals surface area (Å²) in [4.78, 5) is 29.2. The number of thiazole rings is 1. The Balaban J connectivity index is 1.92. The van der Waals surface area contributed by atoms with E-state index in [9.17, 15) is 9.59 Å². The van der Waals surface area contributed by atoms with E-state index in [2.05, 4.69) is 18.8 Å². The first-order valence-electron chi connectivity index (χ1n) is 6.94. The Hall–Kier alpha value is -1.43. The highest BCUT2D eigenvalue weighted by atomic mass is 32.1. The number of rotatable bonds is 4. The molecule has 1 aromatic heterocycles. The highest BCUT2D eigenvalue weighted by Gasteiger charge is 2.26. The number of aliphatic carboxylic acids is 1. The van der Waals surface area contributed by atoms with Crippen LogP contribution in [0.2, 0.25) is 0 Å². The van der Waals surface area contributed by atoms with E-state index in [0.717, 1.165) is 17.8 Å². The van der Waals surface area contributed by atoms with Crippen LogP contribution in [0.5, 0.6) is 0 Å². The van der Waals surface area contributed by atoms with E-state index in [-0.39, 0.29) is 18.2 Å². The zero-order valence-electron chi connectivity index (χ0n) is 11.8. The molecule has 6 heteroatoms. The van der Waals surface area contributed by atoms with Crippen LogP contribution in [0.15, 0.2) is 5.38 Å². The molecule has 110 valence electrons. The summed E-state index contributed by atoms with van der Waals surface area (Å²) in [7, 11) is 0. The molecule has 0 spiro atoms. The minimum atomic E-state index is -0.754. The third-order valence-corrected chi connectivity index (χ3v) is 4.75. The second-order valence-corrected chi connectivity index (χ2v) is 6.45. The van der Waals surface area contributed by atoms with Gasteiger partial charge in [0, 0.05) is 30.8 Å². The Morgan fingerprint density at radius 2 is 2.10 bits per heavy atom. The van der Waals surface area contributed by atoms with E-state index >= 15 is 0 Å². The summed E-state index contributed by atoms with van der Waals surface area (Å²) >= 11 is 1.52. The number of hydrogen-bond donors (Lipinski definition) is 1. The molecule has 2 rings (SSSR count). The van der Waals surface area contributed by atoms with Gasteiger partial charge in [0.25, 0.3) is 5.91 Å². The fourth-order valence-electron chi connectivity index (χ4n) is 2.40. The minimum Gasteiger partial charge on any atom is -0.481 e. The highest BCUT2D eigenvalue weighted by molar-refractivity contribution is 7.09. The fourth-order valence-corrected chi connectivity index (χ4v) is 3.21. The van der Waals surface area contributed by atoms with E-state index in [1.54, 1.807) is 4.90 Å². The fraction of sp³-hybridized carbons (Fsp3) is 0.643. The predicted octanol–water partition coefficient (Wildman–Crippen LogP) is 2.59. The normalized spacial score (nSPS) is 16.6. The van der Waals surface area contributed by atoms with Crippen molar-refractivity contribution in [2.24, 2.45) is 5.92 Å². The number of carbonyl (C=O) groups is 2. The van der Waals surface area contributed by atoms with E-state index in [1.807, 2.05) is 5.38 Å². The van der Waals surface area contributed by atoms with Gasteiger partial charge in [-0.2, -0.15) is 0 Å². The van der Waals surface area contributed by atoms with Crippen molar-refractivity contribution in [3.05, 3.63) is 16.1 Å². The molecule has 1 amide bonds. The number of carbonyl (C=O) groups excluding carboxylic acids is 1. The lowest BCUT2D eigenvalue weighted by Crippen LogP contribution is -2.39. The average molecular weight is 296 g/mol. The minimum absolute atomic E-state index is 0.0260. The standard InChI is InChI=1S/C14H20N2O3S/c1-9(2)13-15-11(8-20-13)14(19)16-5-3-10(4-6-16)7-12(17)18/h8-10H,3-7H2,1-2H3,(H,17,18). The van der Waals surface area contributed by atoms with Crippen LogP contribution in [-0.4, -0.2) is 40.0 Å². The first-order chi connectivity index (χ1) is 9.47. The van der Waals surface area contributed by atoms with Crippen molar-refractivity contribution in [1.82, 2.24) is 9.88 Å². The molecule has 0 radical (unpaired) electrons. The molecule has 2 heterocycles. The predicted molar refractivity (Wildman–Crippen MR) is 77.1 cm³/mol. The Kier molecular flexibility index (Phi) is 4.75. The Morgan fingerprint density at radius 1 is 1.45 bits per heavy atom. The highest BCUT2D eigenvalue weighted by Crippen LogP contribution is 2.24. The first kappa shape index (κ1) is 15.0. The molecule has 5 nitrogen and oxygen atoms in total. The van der Waals surface area contributed by atoms with Gasteiger partial charge in [0.1, 0.15) is 5.69 Å². The molecule has 0 atom stereocenters. The van der Waals surface area contributed by atoms with Crippen LogP contribution in [0.3, 0.4) is 0 Å².